The monoisotopic (exact) mass is 546 g/mol. The fraction of sp³-hybridized carbons (Fsp3) is 0.556. The molecule has 2 heterocycles. The van der Waals surface area contributed by atoms with Gasteiger partial charge in [-0.3, -0.25) is 14.4 Å². The second kappa shape index (κ2) is 12.1. The predicted molar refractivity (Wildman–Crippen MR) is 142 cm³/mol. The van der Waals surface area contributed by atoms with E-state index in [1.807, 2.05) is 11.5 Å². The number of nitrogens with one attached hydrogen (secondary N) is 1. The zero-order chi connectivity index (χ0) is 28.1. The molecule has 11 heteroatoms. The number of hydrogen-bond acceptors (Lipinski definition) is 7. The molecule has 0 bridgehead atoms. The van der Waals surface area contributed by atoms with Gasteiger partial charge in [-0.25, -0.2) is 13.4 Å². The Kier molecular flexibility index (Phi) is 9.35. The Labute approximate surface area is 224 Å². The van der Waals surface area contributed by atoms with E-state index >= 15 is 0 Å². The summed E-state index contributed by atoms with van der Waals surface area (Å²) >= 11 is 0. The quantitative estimate of drug-likeness (QED) is 0.479. The lowest BCUT2D eigenvalue weighted by molar-refractivity contribution is -0.157. The Hall–Kier alpha value is -3.21. The Balaban J connectivity index is 1.60. The first-order valence-corrected chi connectivity index (χ1v) is 14.5. The van der Waals surface area contributed by atoms with Crippen LogP contribution in [0.5, 0.6) is 0 Å². The van der Waals surface area contributed by atoms with Crippen molar-refractivity contribution in [1.82, 2.24) is 19.8 Å². The summed E-state index contributed by atoms with van der Waals surface area (Å²) in [6.07, 6.45) is 4.47. The van der Waals surface area contributed by atoms with Gasteiger partial charge in [0.2, 0.25) is 11.8 Å². The highest BCUT2D eigenvalue weighted by Crippen LogP contribution is 2.28. The third kappa shape index (κ3) is 8.14. The molecular formula is C27H38N4O6S. The van der Waals surface area contributed by atoms with Gasteiger partial charge in [-0.1, -0.05) is 17.7 Å². The highest BCUT2D eigenvalue weighted by atomic mass is 32.2. The number of rotatable bonds is 9. The highest BCUT2D eigenvalue weighted by Gasteiger charge is 2.33. The first-order valence-electron chi connectivity index (χ1n) is 12.8. The molecule has 1 saturated heterocycles. The lowest BCUT2D eigenvalue weighted by Gasteiger charge is -2.34. The molecule has 38 heavy (non-hydrogen) atoms. The van der Waals surface area contributed by atoms with Crippen LogP contribution in [0.15, 0.2) is 41.6 Å². The smallest absolute Gasteiger partial charge is 0.308 e. The minimum absolute atomic E-state index is 0.0419. The van der Waals surface area contributed by atoms with Gasteiger partial charge in [0.1, 0.15) is 17.5 Å². The molecule has 1 aliphatic heterocycles. The fourth-order valence-electron chi connectivity index (χ4n) is 4.53. The van der Waals surface area contributed by atoms with Gasteiger partial charge in [-0.2, -0.15) is 0 Å². The van der Waals surface area contributed by atoms with Crippen LogP contribution < -0.4 is 5.32 Å². The van der Waals surface area contributed by atoms with E-state index in [0.29, 0.717) is 30.8 Å². The van der Waals surface area contributed by atoms with Gasteiger partial charge in [0.15, 0.2) is 9.84 Å². The number of aryl methyl sites for hydroxylation is 2. The van der Waals surface area contributed by atoms with E-state index in [1.54, 1.807) is 62.3 Å². The lowest BCUT2D eigenvalue weighted by Crippen LogP contribution is -2.51. The Morgan fingerprint density at radius 2 is 1.76 bits per heavy atom. The van der Waals surface area contributed by atoms with Crippen LogP contribution in [-0.2, 0) is 35.5 Å². The molecule has 3 rings (SSSR count). The minimum atomic E-state index is -3.44. The van der Waals surface area contributed by atoms with Crippen LogP contribution in [0, 0.1) is 6.92 Å². The first-order chi connectivity index (χ1) is 17.7. The average Bonchev–Trinajstić information content (AvgIpc) is 3.29. The summed E-state index contributed by atoms with van der Waals surface area (Å²) in [5.74, 6) is -0.465. The number of nitrogens with zero attached hydrogens (tertiary/aromatic N) is 3. The van der Waals surface area contributed by atoms with E-state index in [-0.39, 0.29) is 30.5 Å². The third-order valence-electron chi connectivity index (χ3n) is 6.37. The van der Waals surface area contributed by atoms with Crippen molar-refractivity contribution >= 4 is 27.6 Å². The molecule has 1 aliphatic rings. The van der Waals surface area contributed by atoms with Crippen molar-refractivity contribution in [3.05, 3.63) is 48.0 Å². The van der Waals surface area contributed by atoms with Crippen LogP contribution >= 0.6 is 0 Å². The lowest BCUT2D eigenvalue weighted by atomic mass is 9.95. The molecule has 0 aliphatic carbocycles. The van der Waals surface area contributed by atoms with Crippen molar-refractivity contribution in [2.45, 2.75) is 82.9 Å². The topological polar surface area (TPSA) is 128 Å². The van der Waals surface area contributed by atoms with Gasteiger partial charge in [0, 0.05) is 44.9 Å². The maximum atomic E-state index is 13.2. The largest absolute Gasteiger partial charge is 0.460 e. The number of likely N-dealkylation sites (tertiary alicyclic amines) is 1. The number of imidazole rings is 1. The first kappa shape index (κ1) is 29.3. The normalized spacial score (nSPS) is 15.7. The van der Waals surface area contributed by atoms with E-state index in [9.17, 15) is 22.8 Å². The summed E-state index contributed by atoms with van der Waals surface area (Å²) in [6.45, 7) is 9.59. The van der Waals surface area contributed by atoms with Gasteiger partial charge < -0.3 is 19.5 Å². The maximum absolute atomic E-state index is 13.2. The van der Waals surface area contributed by atoms with Crippen LogP contribution in [0.1, 0.15) is 64.3 Å². The number of amides is 2. The minimum Gasteiger partial charge on any atom is -0.460 e. The summed E-state index contributed by atoms with van der Waals surface area (Å²) in [6, 6.07) is 5.84. The zero-order valence-electron chi connectivity index (χ0n) is 22.8. The number of hydrogen-bond donors (Lipinski definition) is 1. The number of carbonyl (C=O) groups excluding carboxylic acids is 3. The maximum Gasteiger partial charge on any atom is 0.308 e. The van der Waals surface area contributed by atoms with Crippen molar-refractivity contribution in [3.63, 3.8) is 0 Å². The molecular weight excluding hydrogens is 508 g/mol. The van der Waals surface area contributed by atoms with Gasteiger partial charge in [0.05, 0.1) is 17.1 Å². The van der Waals surface area contributed by atoms with Crippen LogP contribution in [0.3, 0.4) is 0 Å². The van der Waals surface area contributed by atoms with Gasteiger partial charge in [0.25, 0.3) is 0 Å². The number of esters is 1. The van der Waals surface area contributed by atoms with Gasteiger partial charge in [-0.15, -0.1) is 0 Å². The average molecular weight is 547 g/mol. The molecule has 1 fully saturated rings. The van der Waals surface area contributed by atoms with Crippen molar-refractivity contribution in [2.75, 3.05) is 18.8 Å². The number of piperidine rings is 1. The molecule has 1 aromatic carbocycles. The van der Waals surface area contributed by atoms with E-state index in [4.69, 9.17) is 4.74 Å². The Bertz CT molecular complexity index is 1240. The van der Waals surface area contributed by atoms with Crippen molar-refractivity contribution < 1.29 is 27.5 Å². The summed E-state index contributed by atoms with van der Waals surface area (Å²) in [5, 5.41) is 2.58. The van der Waals surface area contributed by atoms with Gasteiger partial charge in [-0.05, 0) is 52.7 Å². The molecule has 1 atom stereocenters. The Morgan fingerprint density at radius 1 is 1.13 bits per heavy atom. The second-order valence-corrected chi connectivity index (χ2v) is 12.9. The van der Waals surface area contributed by atoms with E-state index in [2.05, 4.69) is 10.3 Å². The SMILES string of the molecule is CC(=O)NC(CC(=O)OC(C)(C)C)C(=O)N1CCC(c2nccn2CCS(=O)(=O)c2ccc(C)cc2)CC1. The van der Waals surface area contributed by atoms with Crippen LogP contribution in [0.2, 0.25) is 0 Å². The molecule has 0 spiro atoms. The second-order valence-electron chi connectivity index (χ2n) is 10.8. The Morgan fingerprint density at radius 3 is 2.34 bits per heavy atom. The molecule has 2 amide bonds. The third-order valence-corrected chi connectivity index (χ3v) is 8.08. The van der Waals surface area contributed by atoms with Crippen molar-refractivity contribution in [1.29, 1.82) is 0 Å². The zero-order valence-corrected chi connectivity index (χ0v) is 23.6. The van der Waals surface area contributed by atoms with E-state index < -0.39 is 33.4 Å². The van der Waals surface area contributed by atoms with Crippen LogP contribution in [-0.4, -0.2) is 71.1 Å². The van der Waals surface area contributed by atoms with Crippen molar-refractivity contribution in [3.8, 4) is 0 Å². The van der Waals surface area contributed by atoms with Crippen molar-refractivity contribution in [2.24, 2.45) is 0 Å². The van der Waals surface area contributed by atoms with E-state index in [1.165, 1.54) is 6.92 Å². The van der Waals surface area contributed by atoms with Crippen LogP contribution in [0.25, 0.3) is 0 Å². The highest BCUT2D eigenvalue weighted by molar-refractivity contribution is 7.91. The molecule has 1 N–H and O–H groups in total. The molecule has 10 nitrogen and oxygen atoms in total. The molecule has 1 unspecified atom stereocenters. The molecule has 208 valence electrons. The molecule has 0 radical (unpaired) electrons. The summed E-state index contributed by atoms with van der Waals surface area (Å²) in [7, 11) is -3.44. The van der Waals surface area contributed by atoms with Crippen LogP contribution in [0.4, 0.5) is 0 Å². The predicted octanol–water partition coefficient (Wildman–Crippen LogP) is 2.61. The standard InChI is InChI=1S/C27H38N4O6S/c1-19-6-8-22(9-7-19)38(35,36)17-16-30-15-12-28-25(30)21-10-13-31(14-11-21)26(34)23(29-20(2)32)18-24(33)37-27(3,4)5/h6-9,12,15,21,23H,10-11,13-14,16-18H2,1-5H3,(H,29,32). The van der Waals surface area contributed by atoms with Gasteiger partial charge >= 0.3 is 5.97 Å². The number of aromatic nitrogens is 2. The fourth-order valence-corrected chi connectivity index (χ4v) is 5.75. The number of carbonyl (C=O) groups is 3. The number of ether oxygens (including phenoxy) is 1. The number of benzene rings is 1. The number of sulfone groups is 1. The summed E-state index contributed by atoms with van der Waals surface area (Å²) in [5.41, 5.74) is 0.305. The van der Waals surface area contributed by atoms with E-state index in [0.717, 1.165) is 11.4 Å². The molecule has 1 aromatic heterocycles. The molecule has 2 aromatic rings. The summed E-state index contributed by atoms with van der Waals surface area (Å²) < 4.78 is 32.8. The summed E-state index contributed by atoms with van der Waals surface area (Å²) in [4.78, 5) is 43.6. The molecule has 0 saturated carbocycles.